The van der Waals surface area contributed by atoms with Crippen LogP contribution in [0.1, 0.15) is 11.5 Å². The van der Waals surface area contributed by atoms with Crippen LogP contribution in [0, 0.1) is 11.6 Å². The Morgan fingerprint density at radius 1 is 1.27 bits per heavy atom. The smallest absolute Gasteiger partial charge is 0.126 e. The molecule has 2 nitrogen and oxygen atoms in total. The van der Waals surface area contributed by atoms with Crippen molar-refractivity contribution in [3.05, 3.63) is 35.4 Å². The molecular formula is C11H12F2N2. The van der Waals surface area contributed by atoms with Crippen LogP contribution in [-0.2, 0) is 0 Å². The van der Waals surface area contributed by atoms with E-state index in [-0.39, 0.29) is 5.92 Å². The lowest BCUT2D eigenvalue weighted by Crippen LogP contribution is -2.29. The first-order chi connectivity index (χ1) is 7.15. The van der Waals surface area contributed by atoms with Gasteiger partial charge in [-0.1, -0.05) is 0 Å². The van der Waals surface area contributed by atoms with Crippen LogP contribution in [0.5, 0.6) is 0 Å². The maximum atomic E-state index is 13.0. The highest BCUT2D eigenvalue weighted by Gasteiger charge is 2.17. The van der Waals surface area contributed by atoms with Crippen molar-refractivity contribution in [3.8, 4) is 0 Å². The summed E-state index contributed by atoms with van der Waals surface area (Å²) >= 11 is 0. The molecule has 0 fully saturated rings. The Labute approximate surface area is 87.2 Å². The number of halogens is 2. The third kappa shape index (κ3) is 2.32. The summed E-state index contributed by atoms with van der Waals surface area (Å²) in [6, 6.07) is 3.64. The van der Waals surface area contributed by atoms with Gasteiger partial charge in [-0.15, -0.1) is 0 Å². The van der Waals surface area contributed by atoms with E-state index in [1.807, 2.05) is 11.9 Å². The van der Waals surface area contributed by atoms with Crippen molar-refractivity contribution in [2.75, 3.05) is 20.1 Å². The van der Waals surface area contributed by atoms with Crippen LogP contribution in [0.2, 0.25) is 0 Å². The molecule has 0 saturated carbocycles. The number of aliphatic imine (C=N–C) groups is 1. The van der Waals surface area contributed by atoms with E-state index in [1.54, 1.807) is 6.34 Å². The summed E-state index contributed by atoms with van der Waals surface area (Å²) in [4.78, 5) is 6.04. The van der Waals surface area contributed by atoms with Crippen LogP contribution in [0.25, 0.3) is 0 Å². The quantitative estimate of drug-likeness (QED) is 0.692. The molecule has 1 aliphatic rings. The van der Waals surface area contributed by atoms with Crippen molar-refractivity contribution in [3.63, 3.8) is 0 Å². The van der Waals surface area contributed by atoms with Crippen LogP contribution in [0.3, 0.4) is 0 Å². The monoisotopic (exact) mass is 210 g/mol. The van der Waals surface area contributed by atoms with Crippen LogP contribution in [0.4, 0.5) is 8.78 Å². The van der Waals surface area contributed by atoms with Crippen molar-refractivity contribution in [1.82, 2.24) is 4.90 Å². The van der Waals surface area contributed by atoms with Crippen molar-refractivity contribution < 1.29 is 8.78 Å². The minimum absolute atomic E-state index is 0.0743. The number of nitrogens with zero attached hydrogens (tertiary/aromatic N) is 2. The maximum absolute atomic E-state index is 13.0. The van der Waals surface area contributed by atoms with Crippen molar-refractivity contribution in [2.24, 2.45) is 4.99 Å². The van der Waals surface area contributed by atoms with Gasteiger partial charge in [-0.3, -0.25) is 4.99 Å². The highest BCUT2D eigenvalue weighted by molar-refractivity contribution is 5.56. The fourth-order valence-corrected chi connectivity index (χ4v) is 1.79. The molecule has 1 unspecified atom stereocenters. The number of likely N-dealkylation sites (N-methyl/N-ethyl adjacent to an activating group) is 1. The van der Waals surface area contributed by atoms with Gasteiger partial charge in [-0.05, 0) is 17.7 Å². The van der Waals surface area contributed by atoms with Gasteiger partial charge in [0.15, 0.2) is 0 Å². The molecule has 0 aromatic heterocycles. The lowest BCUT2D eigenvalue weighted by Gasteiger charge is -2.25. The van der Waals surface area contributed by atoms with E-state index < -0.39 is 11.6 Å². The van der Waals surface area contributed by atoms with Crippen molar-refractivity contribution >= 4 is 6.34 Å². The van der Waals surface area contributed by atoms with E-state index >= 15 is 0 Å². The molecule has 1 heterocycles. The van der Waals surface area contributed by atoms with Gasteiger partial charge in [-0.25, -0.2) is 8.78 Å². The average molecular weight is 210 g/mol. The van der Waals surface area contributed by atoms with Gasteiger partial charge >= 0.3 is 0 Å². The number of hydrogen-bond acceptors (Lipinski definition) is 2. The lowest BCUT2D eigenvalue weighted by molar-refractivity contribution is 0.437. The molecule has 80 valence electrons. The molecule has 0 bridgehead atoms. The van der Waals surface area contributed by atoms with Crippen LogP contribution < -0.4 is 0 Å². The Morgan fingerprint density at radius 2 is 1.93 bits per heavy atom. The Hall–Kier alpha value is -1.45. The first kappa shape index (κ1) is 10.1. The first-order valence-corrected chi connectivity index (χ1v) is 4.81. The number of hydrogen-bond donors (Lipinski definition) is 0. The summed E-state index contributed by atoms with van der Waals surface area (Å²) in [5, 5.41) is 0. The van der Waals surface area contributed by atoms with Crippen LogP contribution in [0.15, 0.2) is 23.2 Å². The standard InChI is InChI=1S/C11H12F2N2/c1-15-6-9(5-14-7-15)8-2-10(12)4-11(13)3-8/h2-4,7,9H,5-6H2,1H3. The number of rotatable bonds is 1. The van der Waals surface area contributed by atoms with E-state index in [9.17, 15) is 8.78 Å². The molecule has 1 aromatic carbocycles. The molecule has 0 saturated heterocycles. The second-order valence-electron chi connectivity index (χ2n) is 3.82. The van der Waals surface area contributed by atoms with E-state index in [2.05, 4.69) is 4.99 Å². The van der Waals surface area contributed by atoms with Gasteiger partial charge in [0.05, 0.1) is 6.34 Å². The topological polar surface area (TPSA) is 15.6 Å². The molecule has 0 N–H and O–H groups in total. The molecule has 0 aliphatic carbocycles. The highest BCUT2D eigenvalue weighted by atomic mass is 19.1. The van der Waals surface area contributed by atoms with E-state index in [0.29, 0.717) is 12.1 Å². The van der Waals surface area contributed by atoms with Gasteiger partial charge in [0.2, 0.25) is 0 Å². The summed E-state index contributed by atoms with van der Waals surface area (Å²) in [7, 11) is 1.89. The van der Waals surface area contributed by atoms with Crippen molar-refractivity contribution in [2.45, 2.75) is 5.92 Å². The molecule has 1 aromatic rings. The number of benzene rings is 1. The third-order valence-electron chi connectivity index (χ3n) is 2.47. The zero-order chi connectivity index (χ0) is 10.8. The highest BCUT2D eigenvalue weighted by Crippen LogP contribution is 2.21. The third-order valence-corrected chi connectivity index (χ3v) is 2.47. The van der Waals surface area contributed by atoms with Gasteiger partial charge in [0.1, 0.15) is 11.6 Å². The zero-order valence-corrected chi connectivity index (χ0v) is 8.45. The fourth-order valence-electron chi connectivity index (χ4n) is 1.79. The Balaban J connectivity index is 2.25. The van der Waals surface area contributed by atoms with E-state index in [4.69, 9.17) is 0 Å². The van der Waals surface area contributed by atoms with Gasteiger partial charge in [-0.2, -0.15) is 0 Å². The van der Waals surface area contributed by atoms with Crippen molar-refractivity contribution in [1.29, 1.82) is 0 Å². The zero-order valence-electron chi connectivity index (χ0n) is 8.45. The van der Waals surface area contributed by atoms with Crippen LogP contribution in [-0.4, -0.2) is 31.4 Å². The largest absolute Gasteiger partial charge is 0.365 e. The second kappa shape index (κ2) is 3.96. The second-order valence-corrected chi connectivity index (χ2v) is 3.82. The summed E-state index contributed by atoms with van der Waals surface area (Å²) in [5.41, 5.74) is 0.677. The first-order valence-electron chi connectivity index (χ1n) is 4.81. The minimum atomic E-state index is -0.526. The molecule has 4 heteroatoms. The molecule has 0 spiro atoms. The molecule has 1 aliphatic heterocycles. The Kier molecular flexibility index (Phi) is 2.66. The SMILES string of the molecule is CN1C=NCC(c2cc(F)cc(F)c2)C1. The summed E-state index contributed by atoms with van der Waals surface area (Å²) in [5.74, 6) is -0.977. The minimum Gasteiger partial charge on any atom is -0.365 e. The molecule has 2 rings (SSSR count). The lowest BCUT2D eigenvalue weighted by atomic mass is 9.98. The molecule has 15 heavy (non-hydrogen) atoms. The predicted octanol–water partition coefficient (Wildman–Crippen LogP) is 2.02. The molecule has 0 radical (unpaired) electrons. The average Bonchev–Trinajstić information content (AvgIpc) is 2.16. The molecule has 1 atom stereocenters. The van der Waals surface area contributed by atoms with Gasteiger partial charge < -0.3 is 4.90 Å². The Morgan fingerprint density at radius 3 is 2.53 bits per heavy atom. The maximum Gasteiger partial charge on any atom is 0.126 e. The summed E-state index contributed by atoms with van der Waals surface area (Å²) in [6.07, 6.45) is 1.74. The van der Waals surface area contributed by atoms with Crippen LogP contribution >= 0.6 is 0 Å². The van der Waals surface area contributed by atoms with Gasteiger partial charge in [0, 0.05) is 32.1 Å². The summed E-state index contributed by atoms with van der Waals surface area (Å²) < 4.78 is 26.0. The Bertz CT molecular complexity index is 370. The van der Waals surface area contributed by atoms with E-state index in [0.717, 1.165) is 12.6 Å². The molecular weight excluding hydrogens is 198 g/mol. The summed E-state index contributed by atoms with van der Waals surface area (Å²) in [6.45, 7) is 1.33. The fraction of sp³-hybridized carbons (Fsp3) is 0.364. The van der Waals surface area contributed by atoms with Gasteiger partial charge in [0.25, 0.3) is 0 Å². The normalized spacial score (nSPS) is 20.7. The van der Waals surface area contributed by atoms with E-state index in [1.165, 1.54) is 12.1 Å². The predicted molar refractivity (Wildman–Crippen MR) is 55.1 cm³/mol. The molecule has 0 amide bonds.